The number of aliphatic hydroxyl groups excluding tert-OH is 1. The van der Waals surface area contributed by atoms with Gasteiger partial charge in [-0.15, -0.1) is 0 Å². The van der Waals surface area contributed by atoms with Gasteiger partial charge in [-0.3, -0.25) is 24.3 Å². The van der Waals surface area contributed by atoms with Gasteiger partial charge in [0, 0.05) is 36.3 Å². The van der Waals surface area contributed by atoms with E-state index in [1.807, 2.05) is 0 Å². The molecule has 0 aliphatic carbocycles. The maximum Gasteiger partial charge on any atom is 0.300 e. The molecule has 1 fully saturated rings. The van der Waals surface area contributed by atoms with Crippen LogP contribution < -0.4 is 15.0 Å². The van der Waals surface area contributed by atoms with E-state index >= 15 is 0 Å². The SMILES string of the molecule is COc1c(Cl)cc(/C(O)=C2\C(=O)C(=O)N(c3cccc(NC(C)=O)c3)C2c2ccncc2)cc1Cl. The maximum atomic E-state index is 13.3. The Morgan fingerprint density at radius 3 is 2.34 bits per heavy atom. The number of carbonyl (C=O) groups is 3. The van der Waals surface area contributed by atoms with E-state index < -0.39 is 23.5 Å². The van der Waals surface area contributed by atoms with Crippen LogP contribution in [-0.4, -0.2) is 34.8 Å². The second-order valence-electron chi connectivity index (χ2n) is 7.65. The van der Waals surface area contributed by atoms with Crippen molar-refractivity contribution in [3.05, 3.63) is 87.7 Å². The molecular formula is C25H19Cl2N3O5. The molecule has 1 aliphatic rings. The molecule has 0 spiro atoms. The Labute approximate surface area is 210 Å². The molecule has 1 aromatic heterocycles. The molecule has 2 heterocycles. The standard InChI is InChI=1S/C25H19Cl2N3O5/c1-13(31)29-16-4-3-5-17(12-16)30-21(14-6-8-28-9-7-14)20(23(33)25(30)34)22(32)15-10-18(26)24(35-2)19(27)11-15/h3-12,21,32H,1-2H3,(H,29,31)/b22-20+. The van der Waals surface area contributed by atoms with E-state index in [0.717, 1.165) is 0 Å². The van der Waals surface area contributed by atoms with Crippen molar-refractivity contribution in [2.45, 2.75) is 13.0 Å². The first-order valence-corrected chi connectivity index (χ1v) is 11.1. The number of benzene rings is 2. The summed E-state index contributed by atoms with van der Waals surface area (Å²) in [5, 5.41) is 14.1. The van der Waals surface area contributed by atoms with Gasteiger partial charge in [-0.05, 0) is 48.0 Å². The molecule has 1 saturated heterocycles. The van der Waals surface area contributed by atoms with Crippen LogP contribution in [0.5, 0.6) is 5.75 Å². The summed E-state index contributed by atoms with van der Waals surface area (Å²) < 4.78 is 5.15. The number of aromatic nitrogens is 1. The van der Waals surface area contributed by atoms with Crippen molar-refractivity contribution >= 4 is 57.9 Å². The zero-order valence-corrected chi connectivity index (χ0v) is 20.1. The van der Waals surface area contributed by atoms with Crippen LogP contribution in [-0.2, 0) is 14.4 Å². The van der Waals surface area contributed by atoms with Gasteiger partial charge >= 0.3 is 0 Å². The highest BCUT2D eigenvalue weighted by Gasteiger charge is 2.47. The first kappa shape index (κ1) is 24.3. The number of hydrogen-bond acceptors (Lipinski definition) is 6. The van der Waals surface area contributed by atoms with Crippen LogP contribution in [0.2, 0.25) is 10.0 Å². The van der Waals surface area contributed by atoms with Gasteiger partial charge in [-0.1, -0.05) is 29.3 Å². The molecule has 10 heteroatoms. The van der Waals surface area contributed by atoms with Gasteiger partial charge in [-0.25, -0.2) is 0 Å². The summed E-state index contributed by atoms with van der Waals surface area (Å²) in [6, 6.07) is 11.6. The summed E-state index contributed by atoms with van der Waals surface area (Å²) >= 11 is 12.5. The smallest absolute Gasteiger partial charge is 0.300 e. The van der Waals surface area contributed by atoms with E-state index in [1.165, 1.54) is 43.5 Å². The monoisotopic (exact) mass is 511 g/mol. The van der Waals surface area contributed by atoms with Crippen LogP contribution in [0.4, 0.5) is 11.4 Å². The largest absolute Gasteiger partial charge is 0.507 e. The van der Waals surface area contributed by atoms with Crippen LogP contribution in [0.15, 0.2) is 66.5 Å². The second-order valence-corrected chi connectivity index (χ2v) is 8.47. The number of Topliss-reactive ketones (excluding diaryl/α,β-unsaturated/α-hetero) is 1. The number of ketones is 1. The van der Waals surface area contributed by atoms with Crippen molar-refractivity contribution in [3.8, 4) is 5.75 Å². The lowest BCUT2D eigenvalue weighted by atomic mass is 9.95. The van der Waals surface area contributed by atoms with E-state index in [4.69, 9.17) is 27.9 Å². The van der Waals surface area contributed by atoms with E-state index in [-0.39, 0.29) is 32.8 Å². The highest BCUT2D eigenvalue weighted by molar-refractivity contribution is 6.51. The molecule has 0 radical (unpaired) electrons. The number of pyridine rings is 1. The van der Waals surface area contributed by atoms with Gasteiger partial charge in [0.25, 0.3) is 11.7 Å². The number of nitrogens with zero attached hydrogens (tertiary/aromatic N) is 2. The van der Waals surface area contributed by atoms with Gasteiger partial charge in [-0.2, -0.15) is 0 Å². The van der Waals surface area contributed by atoms with Crippen LogP contribution >= 0.6 is 23.2 Å². The highest BCUT2D eigenvalue weighted by atomic mass is 35.5. The zero-order chi connectivity index (χ0) is 25.3. The summed E-state index contributed by atoms with van der Waals surface area (Å²) in [6.07, 6.45) is 3.04. The molecule has 35 heavy (non-hydrogen) atoms. The van der Waals surface area contributed by atoms with Crippen LogP contribution in [0.3, 0.4) is 0 Å². The van der Waals surface area contributed by atoms with Crippen molar-refractivity contribution in [2.24, 2.45) is 0 Å². The molecule has 0 saturated carbocycles. The molecule has 1 unspecified atom stereocenters. The molecule has 3 aromatic rings. The lowest BCUT2D eigenvalue weighted by molar-refractivity contribution is -0.132. The van der Waals surface area contributed by atoms with Crippen molar-refractivity contribution in [1.29, 1.82) is 0 Å². The minimum Gasteiger partial charge on any atom is -0.507 e. The Morgan fingerprint density at radius 1 is 1.09 bits per heavy atom. The molecule has 2 amide bonds. The number of nitrogens with one attached hydrogen (secondary N) is 1. The zero-order valence-electron chi connectivity index (χ0n) is 18.6. The Balaban J connectivity index is 1.92. The summed E-state index contributed by atoms with van der Waals surface area (Å²) in [7, 11) is 1.40. The van der Waals surface area contributed by atoms with E-state index in [1.54, 1.807) is 36.4 Å². The van der Waals surface area contributed by atoms with Gasteiger partial charge in [0.1, 0.15) is 5.76 Å². The Bertz CT molecular complexity index is 1350. The number of anilines is 2. The fourth-order valence-corrected chi connectivity index (χ4v) is 4.59. The molecule has 2 aromatic carbocycles. The lowest BCUT2D eigenvalue weighted by Gasteiger charge is -2.25. The number of halogens is 2. The fourth-order valence-electron chi connectivity index (χ4n) is 3.94. The van der Waals surface area contributed by atoms with Crippen molar-refractivity contribution in [1.82, 2.24) is 4.98 Å². The fraction of sp³-hybridized carbons (Fsp3) is 0.120. The third-order valence-electron chi connectivity index (χ3n) is 5.39. The molecular weight excluding hydrogens is 493 g/mol. The molecule has 2 N–H and O–H groups in total. The summed E-state index contributed by atoms with van der Waals surface area (Å²) in [4.78, 5) is 43.3. The van der Waals surface area contributed by atoms with Crippen molar-refractivity contribution in [3.63, 3.8) is 0 Å². The topological polar surface area (TPSA) is 109 Å². The minimum atomic E-state index is -0.981. The van der Waals surface area contributed by atoms with Crippen molar-refractivity contribution < 1.29 is 24.2 Å². The second kappa shape index (κ2) is 9.77. The highest BCUT2D eigenvalue weighted by Crippen LogP contribution is 2.44. The molecule has 0 bridgehead atoms. The van der Waals surface area contributed by atoms with Crippen LogP contribution in [0, 0.1) is 0 Å². The third kappa shape index (κ3) is 4.58. The Kier molecular flexibility index (Phi) is 6.77. The van der Waals surface area contributed by atoms with Crippen LogP contribution in [0.1, 0.15) is 24.1 Å². The quantitative estimate of drug-likeness (QED) is 0.284. The van der Waals surface area contributed by atoms with Crippen molar-refractivity contribution in [2.75, 3.05) is 17.3 Å². The first-order valence-electron chi connectivity index (χ1n) is 10.3. The maximum absolute atomic E-state index is 13.3. The van der Waals surface area contributed by atoms with Crippen LogP contribution in [0.25, 0.3) is 5.76 Å². The predicted octanol–water partition coefficient (Wildman–Crippen LogP) is 4.98. The number of hydrogen-bond donors (Lipinski definition) is 2. The molecule has 4 rings (SSSR count). The summed E-state index contributed by atoms with van der Waals surface area (Å²) in [6.45, 7) is 1.36. The molecule has 1 atom stereocenters. The average Bonchev–Trinajstić information content (AvgIpc) is 3.09. The molecule has 178 valence electrons. The summed E-state index contributed by atoms with van der Waals surface area (Å²) in [5.41, 5.74) is 1.33. The minimum absolute atomic E-state index is 0.124. The van der Waals surface area contributed by atoms with E-state index in [2.05, 4.69) is 10.3 Å². The van der Waals surface area contributed by atoms with E-state index in [0.29, 0.717) is 16.9 Å². The van der Waals surface area contributed by atoms with Gasteiger partial charge in [0.2, 0.25) is 5.91 Å². The first-order chi connectivity index (χ1) is 16.7. The van der Waals surface area contributed by atoms with Gasteiger partial charge in [0.05, 0.1) is 28.8 Å². The Hall–Kier alpha value is -3.88. The lowest BCUT2D eigenvalue weighted by Crippen LogP contribution is -2.29. The number of rotatable bonds is 5. The number of carbonyl (C=O) groups excluding carboxylic acids is 3. The van der Waals surface area contributed by atoms with E-state index in [9.17, 15) is 19.5 Å². The molecule has 8 nitrogen and oxygen atoms in total. The number of methoxy groups -OCH3 is 1. The number of ether oxygens (including phenoxy) is 1. The predicted molar refractivity (Wildman–Crippen MR) is 133 cm³/mol. The Morgan fingerprint density at radius 2 is 1.74 bits per heavy atom. The third-order valence-corrected chi connectivity index (χ3v) is 5.95. The normalized spacial score (nSPS) is 16.9. The average molecular weight is 512 g/mol. The van der Waals surface area contributed by atoms with Gasteiger partial charge < -0.3 is 15.2 Å². The molecule has 1 aliphatic heterocycles. The summed E-state index contributed by atoms with van der Waals surface area (Å²) in [5.74, 6) is -2.26. The number of amides is 2. The number of aliphatic hydroxyl groups is 1. The van der Waals surface area contributed by atoms with Gasteiger partial charge in [0.15, 0.2) is 5.75 Å².